The number of aromatic nitrogens is 6. The molecule has 4 rings (SSSR count). The summed E-state index contributed by atoms with van der Waals surface area (Å²) in [5.74, 6) is 0.416. The van der Waals surface area contributed by atoms with Crippen molar-refractivity contribution in [3.05, 3.63) is 40.3 Å². The lowest BCUT2D eigenvalue weighted by Crippen LogP contribution is -2.22. The van der Waals surface area contributed by atoms with E-state index in [1.54, 1.807) is 6.20 Å². The maximum absolute atomic E-state index is 12.9. The maximum Gasteiger partial charge on any atom is 0.323 e. The third kappa shape index (κ3) is 4.72. The number of pyridine rings is 2. The normalized spacial score (nSPS) is 12.0. The van der Waals surface area contributed by atoms with Crippen LogP contribution in [-0.4, -0.2) is 49.7 Å². The molecule has 2 N–H and O–H groups in total. The van der Waals surface area contributed by atoms with Gasteiger partial charge in [0, 0.05) is 12.2 Å². The number of urea groups is 1. The van der Waals surface area contributed by atoms with Gasteiger partial charge in [0.2, 0.25) is 5.88 Å². The van der Waals surface area contributed by atoms with Crippen LogP contribution in [0.2, 0.25) is 5.02 Å². The molecule has 4 aromatic heterocycles. The number of nitrogens with one attached hydrogen (secondary N) is 2. The van der Waals surface area contributed by atoms with Gasteiger partial charge in [-0.2, -0.15) is 15.2 Å². The largest absolute Gasteiger partial charge is 0.479 e. The molecule has 0 saturated heterocycles. The van der Waals surface area contributed by atoms with Crippen molar-refractivity contribution >= 4 is 50.7 Å². The third-order valence-electron chi connectivity index (χ3n) is 4.62. The number of aryl methyl sites for hydroxylation is 1. The number of rotatable bonds is 7. The van der Waals surface area contributed by atoms with Gasteiger partial charge in [-0.3, -0.25) is 0 Å². The molecule has 0 fully saturated rings. The number of anilines is 2. The van der Waals surface area contributed by atoms with Crippen LogP contribution in [0.1, 0.15) is 30.5 Å². The van der Waals surface area contributed by atoms with Crippen molar-refractivity contribution in [3.63, 3.8) is 0 Å². The highest BCUT2D eigenvalue weighted by atomic mass is 35.5. The van der Waals surface area contributed by atoms with Crippen molar-refractivity contribution in [3.8, 4) is 11.7 Å². The van der Waals surface area contributed by atoms with E-state index in [0.29, 0.717) is 17.8 Å². The van der Waals surface area contributed by atoms with Crippen LogP contribution in [0.4, 0.5) is 16.2 Å². The first kappa shape index (κ1) is 22.8. The lowest BCUT2D eigenvalue weighted by atomic mass is 10.1. The summed E-state index contributed by atoms with van der Waals surface area (Å²) in [4.78, 5) is 28.2. The predicted molar refractivity (Wildman–Crippen MR) is 126 cm³/mol. The summed E-state index contributed by atoms with van der Waals surface area (Å²) in [6.45, 7) is 6.24. The van der Waals surface area contributed by atoms with E-state index in [1.165, 1.54) is 41.7 Å². The summed E-state index contributed by atoms with van der Waals surface area (Å²) in [6.07, 6.45) is 4.29. The Bertz CT molecular complexity index is 1290. The molecule has 0 aliphatic carbocycles. The predicted octanol–water partition coefficient (Wildman–Crippen LogP) is 4.38. The van der Waals surface area contributed by atoms with E-state index in [-0.39, 0.29) is 28.5 Å². The fourth-order valence-electron chi connectivity index (χ4n) is 3.29. The zero-order valence-electron chi connectivity index (χ0n) is 18.3. The molecule has 2 amide bonds. The Morgan fingerprint density at radius 1 is 1.24 bits per heavy atom. The number of methoxy groups -OCH3 is 1. The molecule has 0 saturated carbocycles. The van der Waals surface area contributed by atoms with Crippen LogP contribution in [0.15, 0.2) is 24.7 Å². The summed E-state index contributed by atoms with van der Waals surface area (Å²) < 4.78 is 11.1. The number of ether oxygens (including phenoxy) is 2. The van der Waals surface area contributed by atoms with Gasteiger partial charge in [0.25, 0.3) is 0 Å². The number of thiazole rings is 1. The number of fused-ring (bicyclic) bond motifs is 1. The molecule has 0 bridgehead atoms. The number of nitrogens with zero attached hydrogens (tertiary/aromatic N) is 6. The summed E-state index contributed by atoms with van der Waals surface area (Å²) in [5.41, 5.74) is 2.22. The molecule has 172 valence electrons. The molecule has 0 radical (unpaired) electrons. The van der Waals surface area contributed by atoms with Crippen LogP contribution in [0.3, 0.4) is 0 Å². The number of amides is 2. The molecule has 4 aromatic rings. The van der Waals surface area contributed by atoms with Crippen LogP contribution < -0.4 is 15.4 Å². The third-order valence-corrected chi connectivity index (χ3v) is 5.77. The SMILES string of the molecule is CCOC(C)c1c(NC(=O)Nc2cc(Cl)c(-n3nccn3)nc2OC)cnc2sc(C)nc12. The quantitative estimate of drug-likeness (QED) is 0.392. The lowest BCUT2D eigenvalue weighted by Gasteiger charge is -2.18. The minimum atomic E-state index is -0.533. The topological polar surface area (TPSA) is 129 Å². The van der Waals surface area contributed by atoms with Crippen molar-refractivity contribution in [2.75, 3.05) is 24.4 Å². The van der Waals surface area contributed by atoms with Crippen LogP contribution in [0.25, 0.3) is 16.2 Å². The van der Waals surface area contributed by atoms with Crippen molar-refractivity contribution in [1.29, 1.82) is 0 Å². The minimum absolute atomic E-state index is 0.147. The summed E-state index contributed by atoms with van der Waals surface area (Å²) >= 11 is 7.82. The number of hydrogen-bond acceptors (Lipinski definition) is 9. The second kappa shape index (κ2) is 9.65. The van der Waals surface area contributed by atoms with E-state index in [0.717, 1.165) is 15.4 Å². The van der Waals surface area contributed by atoms with Gasteiger partial charge in [-0.1, -0.05) is 22.9 Å². The number of halogens is 1. The first-order valence-electron chi connectivity index (χ1n) is 9.98. The first-order valence-corrected chi connectivity index (χ1v) is 11.2. The Kier molecular flexibility index (Phi) is 6.67. The molecule has 11 nitrogen and oxygen atoms in total. The summed E-state index contributed by atoms with van der Waals surface area (Å²) in [5, 5.41) is 14.7. The summed E-state index contributed by atoms with van der Waals surface area (Å²) in [7, 11) is 1.43. The van der Waals surface area contributed by atoms with Gasteiger partial charge in [0.05, 0.1) is 47.5 Å². The van der Waals surface area contributed by atoms with Gasteiger partial charge < -0.3 is 20.1 Å². The molecule has 0 aliphatic rings. The van der Waals surface area contributed by atoms with Crippen molar-refractivity contribution in [2.45, 2.75) is 26.9 Å². The molecule has 0 aromatic carbocycles. The monoisotopic (exact) mass is 488 g/mol. The van der Waals surface area contributed by atoms with Gasteiger partial charge >= 0.3 is 6.03 Å². The van der Waals surface area contributed by atoms with Crippen molar-refractivity contribution in [2.24, 2.45) is 0 Å². The average molecular weight is 489 g/mol. The minimum Gasteiger partial charge on any atom is -0.479 e. The Balaban J connectivity index is 1.63. The van der Waals surface area contributed by atoms with Crippen LogP contribution in [-0.2, 0) is 4.74 Å². The fourth-order valence-corrected chi connectivity index (χ4v) is 4.29. The van der Waals surface area contributed by atoms with E-state index in [1.807, 2.05) is 20.8 Å². The Morgan fingerprint density at radius 2 is 1.97 bits per heavy atom. The highest BCUT2D eigenvalue weighted by molar-refractivity contribution is 7.18. The Hall–Kier alpha value is -3.35. The molecular formula is C20H21ClN8O3S. The Morgan fingerprint density at radius 3 is 2.67 bits per heavy atom. The maximum atomic E-state index is 12.9. The van der Waals surface area contributed by atoms with Crippen molar-refractivity contribution < 1.29 is 14.3 Å². The van der Waals surface area contributed by atoms with Crippen LogP contribution >= 0.6 is 22.9 Å². The highest BCUT2D eigenvalue weighted by Gasteiger charge is 2.21. The second-order valence-corrected chi connectivity index (χ2v) is 8.41. The molecule has 4 heterocycles. The van der Waals surface area contributed by atoms with Gasteiger partial charge in [0.1, 0.15) is 16.0 Å². The summed E-state index contributed by atoms with van der Waals surface area (Å²) in [6, 6.07) is 0.981. The molecule has 13 heteroatoms. The highest BCUT2D eigenvalue weighted by Crippen LogP contribution is 2.34. The van der Waals surface area contributed by atoms with E-state index in [2.05, 4.69) is 35.8 Å². The van der Waals surface area contributed by atoms with Gasteiger partial charge in [0.15, 0.2) is 5.82 Å². The van der Waals surface area contributed by atoms with Gasteiger partial charge in [-0.25, -0.2) is 14.8 Å². The smallest absolute Gasteiger partial charge is 0.323 e. The Labute approximate surface area is 198 Å². The van der Waals surface area contributed by atoms with Gasteiger partial charge in [-0.05, 0) is 26.8 Å². The molecule has 33 heavy (non-hydrogen) atoms. The molecular weight excluding hydrogens is 468 g/mol. The molecule has 1 unspecified atom stereocenters. The molecule has 1 atom stereocenters. The first-order chi connectivity index (χ1) is 15.9. The average Bonchev–Trinajstić information content (AvgIpc) is 3.43. The van der Waals surface area contributed by atoms with Crippen LogP contribution in [0.5, 0.6) is 5.88 Å². The number of hydrogen-bond donors (Lipinski definition) is 2. The lowest BCUT2D eigenvalue weighted by molar-refractivity contribution is 0.0777. The standard InChI is InChI=1S/C20H21ClN8O3S/c1-5-32-10(2)15-14(9-22-19-16(15)25-11(3)33-19)27-20(30)26-13-8-12(21)17(28-18(13)31-4)29-23-6-7-24-29/h6-10H,5H2,1-4H3,(H2,26,27,30). The second-order valence-electron chi connectivity index (χ2n) is 6.82. The van der Waals surface area contributed by atoms with Gasteiger partial charge in [-0.15, -0.1) is 4.80 Å². The zero-order chi connectivity index (χ0) is 23.5. The van der Waals surface area contributed by atoms with Crippen molar-refractivity contribution in [1.82, 2.24) is 29.9 Å². The fraction of sp³-hybridized carbons (Fsp3) is 0.300. The molecule has 0 aliphatic heterocycles. The van der Waals surface area contributed by atoms with E-state index >= 15 is 0 Å². The van der Waals surface area contributed by atoms with Crippen LogP contribution in [0, 0.1) is 6.92 Å². The van der Waals surface area contributed by atoms with E-state index < -0.39 is 6.03 Å². The van der Waals surface area contributed by atoms with E-state index in [4.69, 9.17) is 21.1 Å². The number of carbonyl (C=O) groups is 1. The zero-order valence-corrected chi connectivity index (χ0v) is 19.9. The number of carbonyl (C=O) groups excluding carboxylic acids is 1. The molecule has 0 spiro atoms. The van der Waals surface area contributed by atoms with E-state index in [9.17, 15) is 4.79 Å².